The zero-order chi connectivity index (χ0) is 58.3. The first-order valence-corrected chi connectivity index (χ1v) is 51.0. The van der Waals surface area contributed by atoms with E-state index in [1.165, 1.54) is 0 Å². The molecule has 4 heterocycles. The number of rotatable bonds is 20. The van der Waals surface area contributed by atoms with Crippen molar-refractivity contribution in [3.8, 4) is 46.0 Å². The molecule has 0 spiro atoms. The molecule has 0 saturated carbocycles. The zero-order valence-electron chi connectivity index (χ0n) is 50.6. The summed E-state index contributed by atoms with van der Waals surface area (Å²) in [7, 11) is 0. The summed E-state index contributed by atoms with van der Waals surface area (Å²) in [4.78, 5) is -15.5. The van der Waals surface area contributed by atoms with Gasteiger partial charge in [-0.3, -0.25) is 0 Å². The normalized spacial score (nSPS) is 25.9. The number of nitrogens with zero attached hydrogens (tertiary/aromatic N) is 4. The molecule has 8 bridgehead atoms. The number of benzene rings is 4. The van der Waals surface area contributed by atoms with Crippen molar-refractivity contribution < 1.29 is 36.2 Å². The van der Waals surface area contributed by atoms with E-state index in [0.29, 0.717) is 0 Å². The van der Waals surface area contributed by atoms with Gasteiger partial charge in [0.05, 0.1) is 0 Å². The van der Waals surface area contributed by atoms with Gasteiger partial charge in [-0.25, -0.2) is 0 Å². The monoisotopic (exact) mass is 1630 g/mol. The molecule has 4 aromatic rings. The standard InChI is InChI=1S/C60H92I4N4O8P4/c1-17-29-41-45-33-47-42(30-18-2)49-35-51-44(32-20-4)52-36-50-43(31-19-3)48-34-46(41)54-38-56(48)72-79(15,63,67(25-9)26-10)74-58(50)40-60(52)76-80(16,64,68(27-11)28-12)75-59(51)39-57(49)73-78(14,62,66(23-7)24-8)71-55(47)37-53(45)69-77(13,61,70-54)65(21-5)22-6/h33-44H,17-32H2,1-16H3. The summed E-state index contributed by atoms with van der Waals surface area (Å²) in [5.74, 6) is 6.02. The van der Waals surface area contributed by atoms with E-state index in [0.717, 1.165) is 194 Å². The van der Waals surface area contributed by atoms with Crippen molar-refractivity contribution in [2.24, 2.45) is 0 Å². The first-order valence-electron chi connectivity index (χ1n) is 29.9. The van der Waals surface area contributed by atoms with Crippen LogP contribution >= 0.6 is 108 Å². The van der Waals surface area contributed by atoms with Gasteiger partial charge in [-0.05, 0) is 0 Å². The summed E-state index contributed by atoms with van der Waals surface area (Å²) < 4.78 is 73.0. The van der Waals surface area contributed by atoms with E-state index in [9.17, 15) is 0 Å². The molecule has 0 aromatic heterocycles. The zero-order valence-corrected chi connectivity index (χ0v) is 62.8. The Kier molecular flexibility index (Phi) is 18.5. The Hall–Kier alpha value is -0.240. The minimum atomic E-state index is -3.89. The van der Waals surface area contributed by atoms with E-state index >= 15 is 0 Å². The molecule has 0 fully saturated rings. The van der Waals surface area contributed by atoms with Gasteiger partial charge in [0, 0.05) is 0 Å². The Morgan fingerprint density at radius 1 is 0.275 bits per heavy atom. The van der Waals surface area contributed by atoms with E-state index in [4.69, 9.17) is 36.2 Å². The maximum absolute atomic E-state index is 7.92. The molecule has 0 amide bonds. The van der Waals surface area contributed by atoms with Crippen molar-refractivity contribution in [2.45, 2.75) is 158 Å². The van der Waals surface area contributed by atoms with Crippen LogP contribution in [-0.4, -0.2) is 97.7 Å². The van der Waals surface area contributed by atoms with Gasteiger partial charge in [-0.2, -0.15) is 0 Å². The Morgan fingerprint density at radius 3 is 0.525 bits per heavy atom. The molecule has 9 rings (SSSR count). The van der Waals surface area contributed by atoms with Crippen LogP contribution < -0.4 is 36.2 Å². The second-order valence-corrected chi connectivity index (χ2v) is 62.5. The molecule has 12 nitrogen and oxygen atoms in total. The third-order valence-electron chi connectivity index (χ3n) is 17.7. The van der Waals surface area contributed by atoms with Crippen molar-refractivity contribution >= 4 is 108 Å². The molecular formula is C60H92I4N4O8P4. The first-order chi connectivity index (χ1) is 37.7. The number of hydrogen-bond acceptors (Lipinski definition) is 12. The molecule has 20 heteroatoms. The van der Waals surface area contributed by atoms with E-state index in [-0.39, 0.29) is 23.7 Å². The summed E-state index contributed by atoms with van der Waals surface area (Å²) in [5, 5.41) is 0. The molecule has 0 atom stereocenters. The summed E-state index contributed by atoms with van der Waals surface area (Å²) in [6.07, 6.45) is 7.24. The molecule has 0 radical (unpaired) electrons. The number of halogens is 4. The maximum atomic E-state index is 7.92. The van der Waals surface area contributed by atoms with Crippen LogP contribution in [0.5, 0.6) is 46.0 Å². The van der Waals surface area contributed by atoms with Gasteiger partial charge in [0.1, 0.15) is 0 Å². The predicted octanol–water partition coefficient (Wildman–Crippen LogP) is 21.3. The fraction of sp³-hybridized carbons (Fsp3) is 0.600. The Bertz CT molecular complexity index is 2490. The van der Waals surface area contributed by atoms with Crippen molar-refractivity contribution in [1.82, 2.24) is 18.7 Å². The van der Waals surface area contributed by atoms with Crippen LogP contribution in [0.4, 0.5) is 0 Å². The van der Waals surface area contributed by atoms with Crippen molar-refractivity contribution in [3.63, 3.8) is 0 Å². The molecule has 0 saturated heterocycles. The van der Waals surface area contributed by atoms with Crippen LogP contribution in [0.2, 0.25) is 0 Å². The fourth-order valence-corrected chi connectivity index (χ4v) is 37.2. The average Bonchev–Trinajstić information content (AvgIpc) is 3.36. The molecule has 4 aliphatic heterocycles. The molecule has 1 aliphatic carbocycles. The van der Waals surface area contributed by atoms with Gasteiger partial charge >= 0.3 is 539 Å². The average molecular weight is 1630 g/mol. The van der Waals surface area contributed by atoms with Crippen molar-refractivity contribution in [3.05, 3.63) is 93.0 Å². The van der Waals surface area contributed by atoms with E-state index in [1.54, 1.807) is 0 Å². The molecule has 0 N–H and O–H groups in total. The van der Waals surface area contributed by atoms with E-state index in [1.807, 2.05) is 0 Å². The molecule has 4 aromatic carbocycles. The van der Waals surface area contributed by atoms with Crippen LogP contribution in [0.25, 0.3) is 0 Å². The quantitative estimate of drug-likeness (QED) is 0.0624. The van der Waals surface area contributed by atoms with Crippen LogP contribution in [0.3, 0.4) is 0 Å². The fourth-order valence-electron chi connectivity index (χ4n) is 13.9. The molecule has 5 aliphatic rings. The van der Waals surface area contributed by atoms with Crippen LogP contribution in [-0.2, 0) is 0 Å². The van der Waals surface area contributed by atoms with Gasteiger partial charge in [0.25, 0.3) is 0 Å². The molecule has 0 unspecified atom stereocenters. The topological polar surface area (TPSA) is 86.8 Å². The molecule has 80 heavy (non-hydrogen) atoms. The van der Waals surface area contributed by atoms with Crippen LogP contribution in [0.1, 0.15) is 203 Å². The summed E-state index contributed by atoms with van der Waals surface area (Å²) in [6, 6.07) is 19.1. The molecule has 448 valence electrons. The van der Waals surface area contributed by atoms with Gasteiger partial charge < -0.3 is 0 Å². The second-order valence-electron chi connectivity index (χ2n) is 23.1. The van der Waals surface area contributed by atoms with Gasteiger partial charge in [-0.15, -0.1) is 0 Å². The van der Waals surface area contributed by atoms with Gasteiger partial charge in [0.15, 0.2) is 0 Å². The summed E-state index contributed by atoms with van der Waals surface area (Å²) in [5.41, 5.74) is 9.27. The van der Waals surface area contributed by atoms with Gasteiger partial charge in [-0.1, -0.05) is 0 Å². The van der Waals surface area contributed by atoms with Crippen molar-refractivity contribution in [1.29, 1.82) is 0 Å². The molecular weight excluding hydrogens is 1540 g/mol. The summed E-state index contributed by atoms with van der Waals surface area (Å²) >= 11 is 10.4. The van der Waals surface area contributed by atoms with Crippen molar-refractivity contribution in [2.75, 3.05) is 79.0 Å². The Morgan fingerprint density at radius 2 is 0.412 bits per heavy atom. The minimum absolute atomic E-state index is 0.105. The summed E-state index contributed by atoms with van der Waals surface area (Å²) in [6.45, 7) is 41.6. The SMILES string of the molecule is CCCC1c2cc3c4cc2OP(C)(I)(N(CC)CC)Oc2cc5c(cc21)C(CCC)c1cc2c(cc1OP(C)(I)(N(CC)CC)O5)OP(C)(I)(N(CC)CC)Oc1cc(c(cc1C2CCC)C3CCC)OP(C)(I)(N(CC)CC)O4. The van der Waals surface area contributed by atoms with E-state index in [2.05, 4.69) is 265 Å². The van der Waals surface area contributed by atoms with Crippen LogP contribution in [0, 0.1) is 0 Å². The van der Waals surface area contributed by atoms with Gasteiger partial charge in [0.2, 0.25) is 0 Å². The Balaban J connectivity index is 1.57. The second kappa shape index (κ2) is 23.0. The third-order valence-corrected chi connectivity index (χ3v) is 41.8. The van der Waals surface area contributed by atoms with E-state index < -0.39 is 19.4 Å². The first kappa shape index (κ1) is 64.2. The van der Waals surface area contributed by atoms with Crippen LogP contribution in [0.15, 0.2) is 48.5 Å². The Labute approximate surface area is 533 Å². The predicted molar refractivity (Wildman–Crippen MR) is 377 cm³/mol. The number of hydrogen-bond donors (Lipinski definition) is 0. The third kappa shape index (κ3) is 11.0.